The summed E-state index contributed by atoms with van der Waals surface area (Å²) in [4.78, 5) is 0. The molecular weight excluding hydrogens is 172 g/mol. The summed E-state index contributed by atoms with van der Waals surface area (Å²) in [6.07, 6.45) is 0. The Labute approximate surface area is 86.5 Å². The Morgan fingerprint density at radius 2 is 1.93 bits per heavy atom. The lowest BCUT2D eigenvalue weighted by Gasteiger charge is -2.29. The summed E-state index contributed by atoms with van der Waals surface area (Å²) in [5.74, 6) is 0. The first-order chi connectivity index (χ1) is 6.39. The van der Waals surface area contributed by atoms with Crippen LogP contribution in [0.5, 0.6) is 0 Å². The highest BCUT2D eigenvalue weighted by atomic mass is 14.9. The average molecular weight is 192 g/mol. The van der Waals surface area contributed by atoms with E-state index in [9.17, 15) is 0 Å². The molecule has 1 aromatic rings. The second-order valence-electron chi connectivity index (χ2n) is 4.86. The highest BCUT2D eigenvalue weighted by Crippen LogP contribution is 2.23. The third-order valence-corrected chi connectivity index (χ3v) is 2.57. The Bertz CT molecular complexity index is 299. The summed E-state index contributed by atoms with van der Waals surface area (Å²) in [6, 6.07) is 8.28. The zero-order valence-electron chi connectivity index (χ0n) is 9.46. The quantitative estimate of drug-likeness (QED) is 0.706. The number of nitrogens with one attached hydrogen (secondary N) is 1. The van der Waals surface area contributed by atoms with Crippen LogP contribution in [0.25, 0.3) is 0 Å². The average Bonchev–Trinajstić information content (AvgIpc) is 2.02. The minimum absolute atomic E-state index is 0.255. The minimum atomic E-state index is 0.255. The van der Waals surface area contributed by atoms with E-state index in [-0.39, 0.29) is 5.41 Å². The van der Waals surface area contributed by atoms with E-state index in [1.807, 2.05) is 24.3 Å². The molecule has 3 N–H and O–H groups in total. The molecule has 2 heteroatoms. The van der Waals surface area contributed by atoms with Gasteiger partial charge in [-0.25, -0.2) is 0 Å². The van der Waals surface area contributed by atoms with Gasteiger partial charge >= 0.3 is 0 Å². The molecule has 1 unspecified atom stereocenters. The molecule has 0 aromatic heterocycles. The third kappa shape index (κ3) is 2.95. The van der Waals surface area contributed by atoms with Crippen molar-refractivity contribution in [1.29, 1.82) is 0 Å². The van der Waals surface area contributed by atoms with E-state index in [0.717, 1.165) is 11.4 Å². The largest absolute Gasteiger partial charge is 0.399 e. The van der Waals surface area contributed by atoms with Crippen molar-refractivity contribution in [3.63, 3.8) is 0 Å². The lowest BCUT2D eigenvalue weighted by molar-refractivity contribution is 0.359. The molecule has 1 aromatic carbocycles. The van der Waals surface area contributed by atoms with E-state index in [1.165, 1.54) is 0 Å². The second-order valence-corrected chi connectivity index (χ2v) is 4.86. The van der Waals surface area contributed by atoms with Gasteiger partial charge in [0.05, 0.1) is 0 Å². The number of hydrogen-bond donors (Lipinski definition) is 2. The molecule has 0 saturated carbocycles. The molecule has 0 fully saturated rings. The Morgan fingerprint density at radius 1 is 1.29 bits per heavy atom. The van der Waals surface area contributed by atoms with Crippen molar-refractivity contribution < 1.29 is 0 Å². The Balaban J connectivity index is 2.70. The molecule has 0 radical (unpaired) electrons. The molecule has 1 rings (SSSR count). The number of hydrogen-bond acceptors (Lipinski definition) is 2. The smallest absolute Gasteiger partial charge is 0.0363 e. The van der Waals surface area contributed by atoms with Gasteiger partial charge in [0, 0.05) is 17.4 Å². The number of nitrogens with two attached hydrogens (primary N) is 1. The first-order valence-corrected chi connectivity index (χ1v) is 5.01. The van der Waals surface area contributed by atoms with Crippen LogP contribution in [0.4, 0.5) is 11.4 Å². The third-order valence-electron chi connectivity index (χ3n) is 2.57. The maximum atomic E-state index is 5.70. The molecule has 78 valence electrons. The van der Waals surface area contributed by atoms with E-state index in [4.69, 9.17) is 5.73 Å². The van der Waals surface area contributed by atoms with Gasteiger partial charge in [-0.1, -0.05) is 26.8 Å². The fraction of sp³-hybridized carbons (Fsp3) is 0.500. The highest BCUT2D eigenvalue weighted by molar-refractivity contribution is 5.54. The summed E-state index contributed by atoms with van der Waals surface area (Å²) in [7, 11) is 0. The Morgan fingerprint density at radius 3 is 2.43 bits per heavy atom. The van der Waals surface area contributed by atoms with Gasteiger partial charge in [0.1, 0.15) is 0 Å². The zero-order valence-corrected chi connectivity index (χ0v) is 9.46. The van der Waals surface area contributed by atoms with Crippen LogP contribution >= 0.6 is 0 Å². The molecule has 14 heavy (non-hydrogen) atoms. The molecule has 0 aliphatic rings. The first kappa shape index (κ1) is 10.9. The Hall–Kier alpha value is -1.18. The molecule has 0 heterocycles. The monoisotopic (exact) mass is 192 g/mol. The maximum absolute atomic E-state index is 5.70. The minimum Gasteiger partial charge on any atom is -0.399 e. The zero-order chi connectivity index (χ0) is 10.8. The summed E-state index contributed by atoms with van der Waals surface area (Å²) in [5, 5.41) is 3.44. The van der Waals surface area contributed by atoms with Crippen LogP contribution in [0.15, 0.2) is 24.3 Å². The normalized spacial score (nSPS) is 13.7. The fourth-order valence-corrected chi connectivity index (χ4v) is 1.09. The van der Waals surface area contributed by atoms with Crippen LogP contribution in [-0.2, 0) is 0 Å². The van der Waals surface area contributed by atoms with Gasteiger partial charge < -0.3 is 11.1 Å². The molecule has 0 saturated heterocycles. The van der Waals surface area contributed by atoms with E-state index in [2.05, 4.69) is 33.0 Å². The van der Waals surface area contributed by atoms with Crippen molar-refractivity contribution >= 4 is 11.4 Å². The van der Waals surface area contributed by atoms with Crippen LogP contribution in [0.1, 0.15) is 27.7 Å². The van der Waals surface area contributed by atoms with Gasteiger partial charge in [0.2, 0.25) is 0 Å². The molecule has 2 nitrogen and oxygen atoms in total. The van der Waals surface area contributed by atoms with Crippen molar-refractivity contribution in [2.75, 3.05) is 11.1 Å². The molecule has 0 amide bonds. The lowest BCUT2D eigenvalue weighted by Crippen LogP contribution is -2.30. The molecule has 0 aliphatic carbocycles. The lowest BCUT2D eigenvalue weighted by atomic mass is 9.88. The molecule has 0 aliphatic heterocycles. The van der Waals surface area contributed by atoms with E-state index >= 15 is 0 Å². The molecule has 1 atom stereocenters. The molecular formula is C12H20N2. The van der Waals surface area contributed by atoms with Crippen LogP contribution in [0, 0.1) is 5.41 Å². The number of anilines is 2. The van der Waals surface area contributed by atoms with Gasteiger partial charge in [-0.05, 0) is 30.5 Å². The maximum Gasteiger partial charge on any atom is 0.0363 e. The van der Waals surface area contributed by atoms with Crippen molar-refractivity contribution in [2.45, 2.75) is 33.7 Å². The SMILES string of the molecule is CC(Nc1cccc(N)c1)C(C)(C)C. The predicted octanol–water partition coefficient (Wildman–Crippen LogP) is 3.12. The number of rotatable bonds is 2. The van der Waals surface area contributed by atoms with Crippen molar-refractivity contribution in [2.24, 2.45) is 5.41 Å². The van der Waals surface area contributed by atoms with Gasteiger partial charge in [0.15, 0.2) is 0 Å². The van der Waals surface area contributed by atoms with Gasteiger partial charge in [-0.3, -0.25) is 0 Å². The summed E-state index contributed by atoms with van der Waals surface area (Å²) < 4.78 is 0. The summed E-state index contributed by atoms with van der Waals surface area (Å²) >= 11 is 0. The topological polar surface area (TPSA) is 38.0 Å². The van der Waals surface area contributed by atoms with Gasteiger partial charge in [-0.15, -0.1) is 0 Å². The molecule has 0 spiro atoms. The van der Waals surface area contributed by atoms with E-state index in [1.54, 1.807) is 0 Å². The summed E-state index contributed by atoms with van der Waals surface area (Å²) in [5.41, 5.74) is 7.85. The fourth-order valence-electron chi connectivity index (χ4n) is 1.09. The Kier molecular flexibility index (Phi) is 3.04. The second kappa shape index (κ2) is 3.91. The standard InChI is InChI=1S/C12H20N2/c1-9(12(2,3)4)14-11-7-5-6-10(13)8-11/h5-9,14H,13H2,1-4H3. The van der Waals surface area contributed by atoms with Crippen LogP contribution in [0.3, 0.4) is 0 Å². The van der Waals surface area contributed by atoms with Gasteiger partial charge in [0.25, 0.3) is 0 Å². The van der Waals surface area contributed by atoms with Crippen LogP contribution in [-0.4, -0.2) is 6.04 Å². The molecule has 0 bridgehead atoms. The number of nitrogen functional groups attached to an aromatic ring is 1. The number of benzene rings is 1. The van der Waals surface area contributed by atoms with Gasteiger partial charge in [-0.2, -0.15) is 0 Å². The van der Waals surface area contributed by atoms with E-state index < -0.39 is 0 Å². The van der Waals surface area contributed by atoms with Crippen molar-refractivity contribution in [3.05, 3.63) is 24.3 Å². The van der Waals surface area contributed by atoms with Crippen LogP contribution in [0.2, 0.25) is 0 Å². The predicted molar refractivity (Wildman–Crippen MR) is 63.4 cm³/mol. The summed E-state index contributed by atoms with van der Waals surface area (Å²) in [6.45, 7) is 8.84. The van der Waals surface area contributed by atoms with Crippen molar-refractivity contribution in [3.8, 4) is 0 Å². The van der Waals surface area contributed by atoms with E-state index in [0.29, 0.717) is 6.04 Å². The highest BCUT2D eigenvalue weighted by Gasteiger charge is 2.19. The van der Waals surface area contributed by atoms with Crippen LogP contribution < -0.4 is 11.1 Å². The first-order valence-electron chi connectivity index (χ1n) is 5.01. The van der Waals surface area contributed by atoms with Crippen molar-refractivity contribution in [1.82, 2.24) is 0 Å².